The maximum atomic E-state index is 11.4. The van der Waals surface area contributed by atoms with Gasteiger partial charge in [0, 0.05) is 13.5 Å². The number of aliphatic imine (C=N–C) groups is 1. The summed E-state index contributed by atoms with van der Waals surface area (Å²) in [4.78, 5) is 37.2. The molecule has 0 spiro atoms. The Kier molecular flexibility index (Phi) is 3.54. The van der Waals surface area contributed by atoms with E-state index < -0.39 is 18.0 Å². The summed E-state index contributed by atoms with van der Waals surface area (Å²) in [7, 11) is 0. The Morgan fingerprint density at radius 3 is 2.67 bits per heavy atom. The molecule has 0 aliphatic carbocycles. The van der Waals surface area contributed by atoms with Gasteiger partial charge in [0.2, 0.25) is 0 Å². The van der Waals surface area contributed by atoms with Gasteiger partial charge in [0.25, 0.3) is 0 Å². The summed E-state index contributed by atoms with van der Waals surface area (Å²) in [5, 5.41) is 8.80. The van der Waals surface area contributed by atoms with Gasteiger partial charge in [-0.1, -0.05) is 0 Å². The van der Waals surface area contributed by atoms with Gasteiger partial charge in [-0.15, -0.1) is 0 Å². The van der Waals surface area contributed by atoms with Crippen molar-refractivity contribution in [3.63, 3.8) is 0 Å². The summed E-state index contributed by atoms with van der Waals surface area (Å²) in [6, 6.07) is -1.46. The lowest BCUT2D eigenvalue weighted by Gasteiger charge is -2.18. The fraction of sp³-hybridized carbons (Fsp3) is 0.556. The Labute approximate surface area is 86.6 Å². The van der Waals surface area contributed by atoms with Gasteiger partial charge < -0.3 is 10.0 Å². The zero-order valence-corrected chi connectivity index (χ0v) is 8.34. The molecule has 1 unspecified atom stereocenters. The summed E-state index contributed by atoms with van der Waals surface area (Å²) in [5.41, 5.74) is 0. The van der Waals surface area contributed by atoms with E-state index in [0.717, 1.165) is 6.21 Å². The normalized spacial score (nSPS) is 20.9. The number of aliphatic carboxylic acids is 1. The molecule has 0 aromatic rings. The minimum absolute atomic E-state index is 0.338. The molecule has 1 aliphatic rings. The highest BCUT2D eigenvalue weighted by Crippen LogP contribution is 2.18. The number of carboxylic acid groups (broad SMARTS) is 1. The number of carbonyl (C=O) groups is 3. The van der Waals surface area contributed by atoms with Crippen LogP contribution >= 0.6 is 0 Å². The number of nitrogens with zero attached hydrogens (tertiary/aromatic N) is 2. The molecule has 0 bridgehead atoms. The topological polar surface area (TPSA) is 87.0 Å². The van der Waals surface area contributed by atoms with Crippen LogP contribution in [0, 0.1) is 0 Å². The van der Waals surface area contributed by atoms with E-state index in [1.165, 1.54) is 11.8 Å². The van der Waals surface area contributed by atoms with Crippen LogP contribution in [-0.2, 0) is 9.59 Å². The molecule has 1 N–H and O–H groups in total. The molecule has 1 atom stereocenters. The molecule has 0 saturated carbocycles. The van der Waals surface area contributed by atoms with Crippen molar-refractivity contribution in [2.24, 2.45) is 4.99 Å². The maximum Gasteiger partial charge on any atom is 0.344 e. The SMILES string of the molecule is CC(=O)C=NC(=O)N1CCCC1C(=O)O. The average Bonchev–Trinajstić information content (AvgIpc) is 2.62. The fourth-order valence-electron chi connectivity index (χ4n) is 1.47. The molecule has 1 saturated heterocycles. The van der Waals surface area contributed by atoms with Gasteiger partial charge in [-0.25, -0.2) is 9.59 Å². The second-order valence-electron chi connectivity index (χ2n) is 3.34. The van der Waals surface area contributed by atoms with Crippen molar-refractivity contribution in [1.82, 2.24) is 4.90 Å². The van der Waals surface area contributed by atoms with Crippen molar-refractivity contribution in [2.45, 2.75) is 25.8 Å². The predicted molar refractivity (Wildman–Crippen MR) is 51.9 cm³/mol. The van der Waals surface area contributed by atoms with Gasteiger partial charge in [0.05, 0.1) is 6.21 Å². The van der Waals surface area contributed by atoms with E-state index in [1.807, 2.05) is 0 Å². The minimum atomic E-state index is -1.03. The highest BCUT2D eigenvalue weighted by molar-refractivity contribution is 6.28. The third kappa shape index (κ3) is 2.87. The zero-order valence-electron chi connectivity index (χ0n) is 8.34. The number of Topliss-reactive ketones (excluding diaryl/α,β-unsaturated/α-hetero) is 1. The molecule has 15 heavy (non-hydrogen) atoms. The number of urea groups is 1. The summed E-state index contributed by atoms with van der Waals surface area (Å²) < 4.78 is 0. The molecule has 1 aliphatic heterocycles. The molecule has 1 heterocycles. The number of carboxylic acids is 1. The molecular weight excluding hydrogens is 200 g/mol. The van der Waals surface area contributed by atoms with Crippen LogP contribution in [0.5, 0.6) is 0 Å². The summed E-state index contributed by atoms with van der Waals surface area (Å²) in [6.45, 7) is 1.65. The van der Waals surface area contributed by atoms with Gasteiger partial charge in [0.15, 0.2) is 5.78 Å². The van der Waals surface area contributed by atoms with E-state index in [1.54, 1.807) is 0 Å². The molecule has 0 aromatic carbocycles. The third-order valence-electron chi connectivity index (χ3n) is 2.14. The first-order valence-electron chi connectivity index (χ1n) is 4.60. The average molecular weight is 212 g/mol. The van der Waals surface area contributed by atoms with Crippen LogP contribution < -0.4 is 0 Å². The number of ketones is 1. The molecule has 1 fully saturated rings. The van der Waals surface area contributed by atoms with E-state index in [2.05, 4.69) is 4.99 Å². The van der Waals surface area contributed by atoms with E-state index in [0.29, 0.717) is 19.4 Å². The standard InChI is InChI=1S/C9H12N2O4/c1-6(12)5-10-9(15)11-4-2-3-7(11)8(13)14/h5,7H,2-4H2,1H3,(H,13,14). The number of amides is 2. The second-order valence-corrected chi connectivity index (χ2v) is 3.34. The van der Waals surface area contributed by atoms with Crippen LogP contribution in [0.4, 0.5) is 4.79 Å². The van der Waals surface area contributed by atoms with E-state index in [9.17, 15) is 14.4 Å². The highest BCUT2D eigenvalue weighted by atomic mass is 16.4. The number of hydrogen-bond donors (Lipinski definition) is 1. The van der Waals surface area contributed by atoms with Crippen molar-refractivity contribution in [3.8, 4) is 0 Å². The Balaban J connectivity index is 2.66. The molecule has 0 radical (unpaired) electrons. The maximum absolute atomic E-state index is 11.4. The second kappa shape index (κ2) is 4.68. The molecule has 2 amide bonds. The van der Waals surface area contributed by atoms with Crippen LogP contribution in [-0.4, -0.2) is 46.6 Å². The van der Waals surface area contributed by atoms with Crippen molar-refractivity contribution in [1.29, 1.82) is 0 Å². The number of likely N-dealkylation sites (tertiary alicyclic amines) is 1. The molecular formula is C9H12N2O4. The Morgan fingerprint density at radius 1 is 1.47 bits per heavy atom. The molecule has 6 nitrogen and oxygen atoms in total. The van der Waals surface area contributed by atoms with Crippen molar-refractivity contribution < 1.29 is 19.5 Å². The fourth-order valence-corrected chi connectivity index (χ4v) is 1.47. The van der Waals surface area contributed by atoms with Gasteiger partial charge >= 0.3 is 12.0 Å². The largest absolute Gasteiger partial charge is 0.480 e. The third-order valence-corrected chi connectivity index (χ3v) is 2.14. The van der Waals surface area contributed by atoms with E-state index >= 15 is 0 Å². The van der Waals surface area contributed by atoms with Crippen molar-refractivity contribution >= 4 is 24.0 Å². The first-order valence-corrected chi connectivity index (χ1v) is 4.60. The lowest BCUT2D eigenvalue weighted by molar-refractivity contribution is -0.141. The molecule has 6 heteroatoms. The van der Waals surface area contributed by atoms with Crippen LogP contribution in [0.25, 0.3) is 0 Å². The summed E-state index contributed by atoms with van der Waals surface area (Å²) in [6.07, 6.45) is 1.99. The Bertz CT molecular complexity index is 324. The van der Waals surface area contributed by atoms with Crippen LogP contribution in [0.15, 0.2) is 4.99 Å². The van der Waals surface area contributed by atoms with Gasteiger partial charge in [-0.3, -0.25) is 4.79 Å². The van der Waals surface area contributed by atoms with Crippen molar-refractivity contribution in [2.75, 3.05) is 6.54 Å². The van der Waals surface area contributed by atoms with Gasteiger partial charge in [-0.05, 0) is 12.8 Å². The molecule has 0 aromatic heterocycles. The van der Waals surface area contributed by atoms with E-state index in [4.69, 9.17) is 5.11 Å². The molecule has 1 rings (SSSR count). The minimum Gasteiger partial charge on any atom is -0.480 e. The summed E-state index contributed by atoms with van der Waals surface area (Å²) in [5.74, 6) is -1.37. The monoisotopic (exact) mass is 212 g/mol. The van der Waals surface area contributed by atoms with Gasteiger partial charge in [0.1, 0.15) is 6.04 Å². The lowest BCUT2D eigenvalue weighted by atomic mass is 10.2. The number of carbonyl (C=O) groups excluding carboxylic acids is 2. The van der Waals surface area contributed by atoms with Crippen LogP contribution in [0.2, 0.25) is 0 Å². The predicted octanol–water partition coefficient (Wildman–Crippen LogP) is 0.315. The first-order chi connectivity index (χ1) is 7.02. The Hall–Kier alpha value is -1.72. The Morgan fingerprint density at radius 2 is 2.13 bits per heavy atom. The van der Waals surface area contributed by atoms with Crippen LogP contribution in [0.1, 0.15) is 19.8 Å². The quantitative estimate of drug-likeness (QED) is 0.667. The number of rotatable bonds is 2. The van der Waals surface area contributed by atoms with Crippen molar-refractivity contribution in [3.05, 3.63) is 0 Å². The lowest BCUT2D eigenvalue weighted by Crippen LogP contribution is -2.39. The van der Waals surface area contributed by atoms with Crippen LogP contribution in [0.3, 0.4) is 0 Å². The molecule has 82 valence electrons. The smallest absolute Gasteiger partial charge is 0.344 e. The number of hydrogen-bond acceptors (Lipinski definition) is 3. The zero-order chi connectivity index (χ0) is 11.4. The highest BCUT2D eigenvalue weighted by Gasteiger charge is 2.33. The van der Waals surface area contributed by atoms with E-state index in [-0.39, 0.29) is 5.78 Å². The first kappa shape index (κ1) is 11.4. The summed E-state index contributed by atoms with van der Waals surface area (Å²) >= 11 is 0. The van der Waals surface area contributed by atoms with Gasteiger partial charge in [-0.2, -0.15) is 4.99 Å².